The van der Waals surface area contributed by atoms with Crippen LogP contribution in [-0.2, 0) is 4.79 Å². The van der Waals surface area contributed by atoms with E-state index in [1.165, 1.54) is 6.08 Å². The lowest BCUT2D eigenvalue weighted by Crippen LogP contribution is -2.25. The lowest BCUT2D eigenvalue weighted by atomic mass is 10.1. The van der Waals surface area contributed by atoms with E-state index in [4.69, 9.17) is 0 Å². The number of aryl methyl sites for hydroxylation is 2. The number of benzene rings is 2. The number of hydrogen-bond acceptors (Lipinski definition) is 2. The van der Waals surface area contributed by atoms with Crippen LogP contribution < -0.4 is 10.6 Å². The Morgan fingerprint density at radius 1 is 1.00 bits per heavy atom. The molecule has 0 atom stereocenters. The summed E-state index contributed by atoms with van der Waals surface area (Å²) in [6.45, 7) is 4.00. The maximum atomic E-state index is 12.0. The minimum atomic E-state index is -0.180. The summed E-state index contributed by atoms with van der Waals surface area (Å²) in [4.78, 5) is 24.0. The molecule has 0 unspecified atom stereocenters. The molecule has 2 aromatic rings. The van der Waals surface area contributed by atoms with Crippen LogP contribution in [0.15, 0.2) is 48.5 Å². The minimum absolute atomic E-state index is 0.0365. The van der Waals surface area contributed by atoms with Crippen molar-refractivity contribution < 1.29 is 9.59 Å². The van der Waals surface area contributed by atoms with E-state index >= 15 is 0 Å². The number of rotatable bonds is 5. The van der Waals surface area contributed by atoms with Crippen molar-refractivity contribution in [1.29, 1.82) is 0 Å². The van der Waals surface area contributed by atoms with Gasteiger partial charge < -0.3 is 10.6 Å². The molecule has 0 spiro atoms. The summed E-state index contributed by atoms with van der Waals surface area (Å²) < 4.78 is 0. The first-order valence-electron chi connectivity index (χ1n) is 8.48. The molecule has 0 aromatic heterocycles. The van der Waals surface area contributed by atoms with Crippen molar-refractivity contribution in [2.45, 2.75) is 32.7 Å². The van der Waals surface area contributed by atoms with Gasteiger partial charge in [-0.2, -0.15) is 0 Å². The van der Waals surface area contributed by atoms with Crippen molar-refractivity contribution in [3.05, 3.63) is 70.8 Å². The van der Waals surface area contributed by atoms with Gasteiger partial charge in [-0.15, -0.1) is 0 Å². The third-order valence-electron chi connectivity index (χ3n) is 4.00. The summed E-state index contributed by atoms with van der Waals surface area (Å²) in [6.07, 6.45) is 5.38. The fraction of sp³-hybridized carbons (Fsp3) is 0.238. The van der Waals surface area contributed by atoms with E-state index < -0.39 is 0 Å². The van der Waals surface area contributed by atoms with Gasteiger partial charge >= 0.3 is 0 Å². The Morgan fingerprint density at radius 3 is 2.24 bits per heavy atom. The highest BCUT2D eigenvalue weighted by molar-refractivity contribution is 6.02. The van der Waals surface area contributed by atoms with Crippen molar-refractivity contribution in [2.75, 3.05) is 5.32 Å². The molecule has 1 aliphatic carbocycles. The van der Waals surface area contributed by atoms with Crippen LogP contribution in [0.2, 0.25) is 0 Å². The molecule has 0 aliphatic heterocycles. The molecular weight excluding hydrogens is 312 g/mol. The van der Waals surface area contributed by atoms with Crippen LogP contribution in [0, 0.1) is 13.8 Å². The fourth-order valence-electron chi connectivity index (χ4n) is 2.64. The predicted molar refractivity (Wildman–Crippen MR) is 101 cm³/mol. The number of amides is 2. The zero-order valence-electron chi connectivity index (χ0n) is 14.5. The van der Waals surface area contributed by atoms with Crippen molar-refractivity contribution in [2.24, 2.45) is 0 Å². The quantitative estimate of drug-likeness (QED) is 0.816. The summed E-state index contributed by atoms with van der Waals surface area (Å²) in [5.74, 6) is -0.217. The minimum Gasteiger partial charge on any atom is -0.349 e. The molecule has 0 heterocycles. The number of carbonyl (C=O) groups excluding carboxylic acids is 2. The molecule has 1 saturated carbocycles. The molecule has 2 aromatic carbocycles. The van der Waals surface area contributed by atoms with Crippen LogP contribution >= 0.6 is 0 Å². The SMILES string of the molecule is Cc1cc(C)cc(NC(=O)/C=C/c2ccc(C(=O)NC3CC3)cc2)c1. The van der Waals surface area contributed by atoms with Crippen LogP contribution in [0.4, 0.5) is 5.69 Å². The van der Waals surface area contributed by atoms with E-state index in [9.17, 15) is 9.59 Å². The fourth-order valence-corrected chi connectivity index (χ4v) is 2.64. The molecule has 1 fully saturated rings. The molecule has 3 rings (SSSR count). The smallest absolute Gasteiger partial charge is 0.251 e. The monoisotopic (exact) mass is 334 g/mol. The van der Waals surface area contributed by atoms with E-state index in [-0.39, 0.29) is 11.8 Å². The molecule has 2 N–H and O–H groups in total. The van der Waals surface area contributed by atoms with Gasteiger partial charge in [0.1, 0.15) is 0 Å². The Morgan fingerprint density at radius 2 is 1.64 bits per heavy atom. The average Bonchev–Trinajstić information content (AvgIpc) is 3.36. The van der Waals surface area contributed by atoms with E-state index in [0.717, 1.165) is 35.2 Å². The first-order valence-corrected chi connectivity index (χ1v) is 8.48. The average molecular weight is 334 g/mol. The Kier molecular flexibility index (Phi) is 4.98. The summed E-state index contributed by atoms with van der Waals surface area (Å²) >= 11 is 0. The van der Waals surface area contributed by atoms with Crippen LogP contribution in [0.3, 0.4) is 0 Å². The lowest BCUT2D eigenvalue weighted by Gasteiger charge is -2.05. The largest absolute Gasteiger partial charge is 0.349 e. The van der Waals surface area contributed by atoms with Crippen molar-refractivity contribution in [1.82, 2.24) is 5.32 Å². The molecule has 2 amide bonds. The number of hydrogen-bond donors (Lipinski definition) is 2. The summed E-state index contributed by atoms with van der Waals surface area (Å²) in [5, 5.41) is 5.82. The molecule has 0 bridgehead atoms. The number of anilines is 1. The number of carbonyl (C=O) groups is 2. The van der Waals surface area contributed by atoms with Gasteiger partial charge in [0.05, 0.1) is 0 Å². The number of nitrogens with one attached hydrogen (secondary N) is 2. The summed E-state index contributed by atoms with van der Waals surface area (Å²) in [5.41, 5.74) is 4.53. The van der Waals surface area contributed by atoms with Gasteiger partial charge in [0.2, 0.25) is 5.91 Å². The Balaban J connectivity index is 1.58. The normalized spacial score (nSPS) is 13.7. The van der Waals surface area contributed by atoms with Gasteiger partial charge in [-0.05, 0) is 73.7 Å². The Hall–Kier alpha value is -2.88. The third-order valence-corrected chi connectivity index (χ3v) is 4.00. The molecule has 25 heavy (non-hydrogen) atoms. The predicted octanol–water partition coefficient (Wildman–Crippen LogP) is 3.85. The van der Waals surface area contributed by atoms with E-state index in [2.05, 4.69) is 16.7 Å². The van der Waals surface area contributed by atoms with Crippen molar-refractivity contribution in [3.63, 3.8) is 0 Å². The lowest BCUT2D eigenvalue weighted by molar-refractivity contribution is -0.111. The molecule has 0 saturated heterocycles. The highest BCUT2D eigenvalue weighted by Gasteiger charge is 2.23. The first kappa shape index (κ1) is 17.0. The molecule has 1 aliphatic rings. The van der Waals surface area contributed by atoms with Crippen LogP contribution in [0.1, 0.15) is 39.9 Å². The second kappa shape index (κ2) is 7.34. The maximum absolute atomic E-state index is 12.0. The van der Waals surface area contributed by atoms with Crippen LogP contribution in [0.5, 0.6) is 0 Å². The van der Waals surface area contributed by atoms with Crippen molar-refractivity contribution in [3.8, 4) is 0 Å². The summed E-state index contributed by atoms with van der Waals surface area (Å²) in [6, 6.07) is 13.5. The molecule has 4 nitrogen and oxygen atoms in total. The van der Waals surface area contributed by atoms with Gasteiger partial charge in [-0.25, -0.2) is 0 Å². The highest BCUT2D eigenvalue weighted by atomic mass is 16.2. The van der Waals surface area contributed by atoms with Gasteiger partial charge in [-0.3, -0.25) is 9.59 Å². The zero-order valence-corrected chi connectivity index (χ0v) is 14.5. The summed E-state index contributed by atoms with van der Waals surface area (Å²) in [7, 11) is 0. The van der Waals surface area contributed by atoms with Crippen molar-refractivity contribution >= 4 is 23.6 Å². The van der Waals surface area contributed by atoms with Gasteiger partial charge in [0, 0.05) is 23.4 Å². The van der Waals surface area contributed by atoms with E-state index in [1.54, 1.807) is 18.2 Å². The molecular formula is C21H22N2O2. The third kappa shape index (κ3) is 5.05. The zero-order chi connectivity index (χ0) is 17.8. The second-order valence-corrected chi connectivity index (χ2v) is 6.57. The topological polar surface area (TPSA) is 58.2 Å². The first-order chi connectivity index (χ1) is 12.0. The van der Waals surface area contributed by atoms with E-state index in [0.29, 0.717) is 11.6 Å². The van der Waals surface area contributed by atoms with Crippen LogP contribution in [0.25, 0.3) is 6.08 Å². The second-order valence-electron chi connectivity index (χ2n) is 6.57. The molecule has 128 valence electrons. The van der Waals surface area contributed by atoms with Crippen LogP contribution in [-0.4, -0.2) is 17.9 Å². The molecule has 4 heteroatoms. The van der Waals surface area contributed by atoms with Gasteiger partial charge in [0.25, 0.3) is 5.91 Å². The Bertz CT molecular complexity index is 798. The maximum Gasteiger partial charge on any atom is 0.251 e. The van der Waals surface area contributed by atoms with Gasteiger partial charge in [0.15, 0.2) is 0 Å². The van der Waals surface area contributed by atoms with E-state index in [1.807, 2.05) is 38.1 Å². The van der Waals surface area contributed by atoms with Gasteiger partial charge in [-0.1, -0.05) is 18.2 Å². The highest BCUT2D eigenvalue weighted by Crippen LogP contribution is 2.19. The molecule has 0 radical (unpaired) electrons. The standard InChI is InChI=1S/C21H22N2O2/c1-14-11-15(2)13-19(12-14)22-20(24)10-5-16-3-6-17(7-4-16)21(25)23-18-8-9-18/h3-7,10-13,18H,8-9H2,1-2H3,(H,22,24)(H,23,25)/b10-5+. The Labute approximate surface area is 148 Å².